The van der Waals surface area contributed by atoms with Gasteiger partial charge in [-0.3, -0.25) is 4.79 Å². The second kappa shape index (κ2) is 6.99. The van der Waals surface area contributed by atoms with Crippen LogP contribution in [0.2, 0.25) is 0 Å². The van der Waals surface area contributed by atoms with Gasteiger partial charge in [-0.25, -0.2) is 0 Å². The molecular weight excluding hydrogens is 277 g/mol. The molecule has 0 aromatic heterocycles. The minimum Gasteiger partial charge on any atom is -0.495 e. The molecule has 0 aliphatic carbocycles. The summed E-state index contributed by atoms with van der Waals surface area (Å²) in [7, 11) is 1.42. The van der Waals surface area contributed by atoms with Crippen LogP contribution < -0.4 is 15.8 Å². The average Bonchev–Trinajstić information content (AvgIpc) is 2.37. The zero-order chi connectivity index (χ0) is 15.2. The number of anilines is 1. The van der Waals surface area contributed by atoms with Crippen molar-refractivity contribution < 1.29 is 27.4 Å². The summed E-state index contributed by atoms with van der Waals surface area (Å²) in [5, 5.41) is 2.41. The molecule has 3 N–H and O–H groups in total. The van der Waals surface area contributed by atoms with Gasteiger partial charge in [0.2, 0.25) is 0 Å². The highest BCUT2D eigenvalue weighted by molar-refractivity contribution is 6.00. The standard InChI is InChI=1S/C12H15F3N2O3/c1-19-9-4-2-3-8(10(9)16)11(18)17-5-6-20-7-12(13,14)15/h2-4H,5-7,16H2,1H3,(H,17,18). The normalized spacial score (nSPS) is 11.2. The van der Waals surface area contributed by atoms with Gasteiger partial charge in [0.25, 0.3) is 5.91 Å². The number of carbonyl (C=O) groups is 1. The van der Waals surface area contributed by atoms with Gasteiger partial charge in [-0.15, -0.1) is 0 Å². The van der Waals surface area contributed by atoms with Crippen LogP contribution in [-0.2, 0) is 4.74 Å². The van der Waals surface area contributed by atoms with Crippen molar-refractivity contribution in [3.8, 4) is 5.75 Å². The number of hydrogen-bond acceptors (Lipinski definition) is 4. The van der Waals surface area contributed by atoms with Gasteiger partial charge in [0.05, 0.1) is 25.0 Å². The third kappa shape index (κ3) is 4.96. The van der Waals surface area contributed by atoms with Crippen molar-refractivity contribution in [3.05, 3.63) is 23.8 Å². The summed E-state index contributed by atoms with van der Waals surface area (Å²) in [6, 6.07) is 4.67. The van der Waals surface area contributed by atoms with Crippen molar-refractivity contribution in [1.82, 2.24) is 5.32 Å². The van der Waals surface area contributed by atoms with E-state index in [0.29, 0.717) is 5.75 Å². The topological polar surface area (TPSA) is 73.6 Å². The van der Waals surface area contributed by atoms with Gasteiger partial charge >= 0.3 is 6.18 Å². The van der Waals surface area contributed by atoms with Gasteiger partial charge in [-0.2, -0.15) is 13.2 Å². The van der Waals surface area contributed by atoms with E-state index in [-0.39, 0.29) is 24.4 Å². The zero-order valence-electron chi connectivity index (χ0n) is 10.8. The maximum Gasteiger partial charge on any atom is 0.411 e. The summed E-state index contributed by atoms with van der Waals surface area (Å²) in [5.41, 5.74) is 6.08. The molecule has 1 rings (SSSR count). The van der Waals surface area contributed by atoms with Crippen LogP contribution in [-0.4, -0.2) is 39.0 Å². The first-order chi connectivity index (χ1) is 9.35. The Morgan fingerprint density at radius 3 is 2.70 bits per heavy atom. The lowest BCUT2D eigenvalue weighted by atomic mass is 10.1. The second-order valence-electron chi connectivity index (χ2n) is 3.85. The van der Waals surface area contributed by atoms with Crippen LogP contribution in [0.4, 0.5) is 18.9 Å². The summed E-state index contributed by atoms with van der Waals surface area (Å²) < 4.78 is 44.7. The molecule has 1 aromatic rings. The van der Waals surface area contributed by atoms with Gasteiger partial charge < -0.3 is 20.5 Å². The molecule has 1 amide bonds. The van der Waals surface area contributed by atoms with Crippen LogP contribution in [0.15, 0.2) is 18.2 Å². The fourth-order valence-electron chi connectivity index (χ4n) is 1.44. The number of nitrogens with two attached hydrogens (primary N) is 1. The minimum absolute atomic E-state index is 0.0500. The predicted molar refractivity (Wildman–Crippen MR) is 66.6 cm³/mol. The third-order valence-corrected chi connectivity index (χ3v) is 2.33. The molecule has 0 aliphatic heterocycles. The zero-order valence-corrected chi connectivity index (χ0v) is 10.8. The molecule has 0 bridgehead atoms. The second-order valence-corrected chi connectivity index (χ2v) is 3.85. The number of ether oxygens (including phenoxy) is 2. The van der Waals surface area contributed by atoms with Crippen LogP contribution in [0.1, 0.15) is 10.4 Å². The summed E-state index contributed by atoms with van der Waals surface area (Å²) in [6.45, 7) is -1.63. The van der Waals surface area contributed by atoms with Gasteiger partial charge in [0.1, 0.15) is 12.4 Å². The Morgan fingerprint density at radius 2 is 2.10 bits per heavy atom. The monoisotopic (exact) mass is 292 g/mol. The van der Waals surface area contributed by atoms with Crippen molar-refractivity contribution in [2.24, 2.45) is 0 Å². The van der Waals surface area contributed by atoms with E-state index < -0.39 is 18.7 Å². The average molecular weight is 292 g/mol. The lowest BCUT2D eigenvalue weighted by molar-refractivity contribution is -0.173. The summed E-state index contributed by atoms with van der Waals surface area (Å²) in [5.74, 6) is -0.150. The Balaban J connectivity index is 2.44. The number of nitrogen functional groups attached to an aromatic ring is 1. The van der Waals surface area contributed by atoms with Crippen molar-refractivity contribution in [2.45, 2.75) is 6.18 Å². The lowest BCUT2D eigenvalue weighted by Crippen LogP contribution is -2.29. The lowest BCUT2D eigenvalue weighted by Gasteiger charge is -2.11. The third-order valence-electron chi connectivity index (χ3n) is 2.33. The molecule has 0 aliphatic rings. The molecule has 0 saturated heterocycles. The maximum absolute atomic E-state index is 11.8. The molecule has 5 nitrogen and oxygen atoms in total. The Labute approximate surface area is 113 Å². The Bertz CT molecular complexity index is 464. The number of alkyl halides is 3. The number of methoxy groups -OCH3 is 1. The molecule has 0 heterocycles. The van der Waals surface area contributed by atoms with E-state index >= 15 is 0 Å². The number of halogens is 3. The van der Waals surface area contributed by atoms with Crippen LogP contribution in [0.5, 0.6) is 5.75 Å². The van der Waals surface area contributed by atoms with E-state index in [9.17, 15) is 18.0 Å². The number of benzene rings is 1. The van der Waals surface area contributed by atoms with Crippen molar-refractivity contribution in [1.29, 1.82) is 0 Å². The highest BCUT2D eigenvalue weighted by atomic mass is 19.4. The molecule has 20 heavy (non-hydrogen) atoms. The van der Waals surface area contributed by atoms with E-state index in [4.69, 9.17) is 10.5 Å². The molecule has 0 fully saturated rings. The Hall–Kier alpha value is -1.96. The number of rotatable bonds is 6. The fraction of sp³-hybridized carbons (Fsp3) is 0.417. The smallest absolute Gasteiger partial charge is 0.411 e. The van der Waals surface area contributed by atoms with Gasteiger partial charge in [-0.05, 0) is 12.1 Å². The van der Waals surface area contributed by atoms with Gasteiger partial charge in [-0.1, -0.05) is 6.07 Å². The maximum atomic E-state index is 11.8. The molecule has 0 saturated carbocycles. The molecule has 0 unspecified atom stereocenters. The first-order valence-corrected chi connectivity index (χ1v) is 5.70. The molecule has 1 aromatic carbocycles. The highest BCUT2D eigenvalue weighted by Crippen LogP contribution is 2.24. The number of para-hydroxylation sites is 1. The summed E-state index contributed by atoms with van der Waals surface area (Å²) in [6.07, 6.45) is -4.37. The number of hydrogen-bond donors (Lipinski definition) is 2. The number of nitrogens with one attached hydrogen (secondary N) is 1. The Morgan fingerprint density at radius 1 is 1.40 bits per heavy atom. The molecular formula is C12H15F3N2O3. The van der Waals surface area contributed by atoms with E-state index in [2.05, 4.69) is 10.1 Å². The Kier molecular flexibility index (Phi) is 5.63. The van der Waals surface area contributed by atoms with E-state index in [1.807, 2.05) is 0 Å². The summed E-state index contributed by atoms with van der Waals surface area (Å²) >= 11 is 0. The van der Waals surface area contributed by atoms with E-state index in [0.717, 1.165) is 0 Å². The van der Waals surface area contributed by atoms with E-state index in [1.165, 1.54) is 13.2 Å². The molecule has 0 atom stereocenters. The molecule has 112 valence electrons. The number of carbonyl (C=O) groups excluding carboxylic acids is 1. The fourth-order valence-corrected chi connectivity index (χ4v) is 1.44. The van der Waals surface area contributed by atoms with Gasteiger partial charge in [0, 0.05) is 6.54 Å². The first-order valence-electron chi connectivity index (χ1n) is 5.70. The van der Waals surface area contributed by atoms with Crippen molar-refractivity contribution in [3.63, 3.8) is 0 Å². The first kappa shape index (κ1) is 16.1. The largest absolute Gasteiger partial charge is 0.495 e. The van der Waals surface area contributed by atoms with Crippen LogP contribution in [0.25, 0.3) is 0 Å². The van der Waals surface area contributed by atoms with Crippen molar-refractivity contribution in [2.75, 3.05) is 32.6 Å². The highest BCUT2D eigenvalue weighted by Gasteiger charge is 2.27. The molecule has 0 spiro atoms. The van der Waals surface area contributed by atoms with Crippen LogP contribution in [0, 0.1) is 0 Å². The quantitative estimate of drug-likeness (QED) is 0.617. The summed E-state index contributed by atoms with van der Waals surface area (Å²) in [4.78, 5) is 11.8. The SMILES string of the molecule is COc1cccc(C(=O)NCCOCC(F)(F)F)c1N. The minimum atomic E-state index is -4.37. The predicted octanol–water partition coefficient (Wildman–Crippen LogP) is 1.59. The van der Waals surface area contributed by atoms with Crippen LogP contribution >= 0.6 is 0 Å². The molecule has 0 radical (unpaired) electrons. The number of amides is 1. The van der Waals surface area contributed by atoms with E-state index in [1.54, 1.807) is 12.1 Å². The van der Waals surface area contributed by atoms with Crippen molar-refractivity contribution >= 4 is 11.6 Å². The van der Waals surface area contributed by atoms with Gasteiger partial charge in [0.15, 0.2) is 0 Å². The van der Waals surface area contributed by atoms with Crippen LogP contribution in [0.3, 0.4) is 0 Å². The molecule has 8 heteroatoms.